The van der Waals surface area contributed by atoms with Crippen LogP contribution in [0.5, 0.6) is 5.75 Å². The van der Waals surface area contributed by atoms with Crippen molar-refractivity contribution >= 4 is 24.3 Å². The topological polar surface area (TPSA) is 130 Å². The van der Waals surface area contributed by atoms with Crippen molar-refractivity contribution in [2.45, 2.75) is 234 Å². The quantitative estimate of drug-likeness (QED) is 0.0216. The molecule has 4 saturated heterocycles. The zero-order valence-electron chi connectivity index (χ0n) is 47.7. The van der Waals surface area contributed by atoms with Gasteiger partial charge in [-0.15, -0.1) is 6.58 Å². The molecule has 4 aliphatic rings. The fourth-order valence-corrected chi connectivity index (χ4v) is 27.2. The monoisotopic (exact) mass is 1170 g/mol. The Morgan fingerprint density at radius 2 is 1.29 bits per heavy atom. The molecule has 0 aliphatic carbocycles. The van der Waals surface area contributed by atoms with Gasteiger partial charge in [-0.1, -0.05) is 72.8 Å². The van der Waals surface area contributed by atoms with Gasteiger partial charge in [0.2, 0.25) is 0 Å². The maximum absolute atomic E-state index is 14.6. The Hall–Kier alpha value is -3.31. The molecule has 0 saturated carbocycles. The maximum atomic E-state index is 14.6. The molecule has 0 spiro atoms. The van der Waals surface area contributed by atoms with Crippen LogP contribution in [0.1, 0.15) is 142 Å². The first-order valence-corrected chi connectivity index (χ1v) is 37.3. The van der Waals surface area contributed by atoms with E-state index in [0.29, 0.717) is 65.0 Å². The van der Waals surface area contributed by atoms with Crippen LogP contribution < -0.4 is 4.74 Å². The van der Waals surface area contributed by atoms with Crippen LogP contribution in [0.3, 0.4) is 0 Å². The Morgan fingerprint density at radius 1 is 0.701 bits per heavy atom. The van der Waals surface area contributed by atoms with Gasteiger partial charge < -0.3 is 19.3 Å². The summed E-state index contributed by atoms with van der Waals surface area (Å²) < 4.78 is 71.8. The Bertz CT molecular complexity index is 2210. The minimum absolute atomic E-state index is 0.0375. The molecule has 13 heteroatoms. The van der Waals surface area contributed by atoms with Crippen molar-refractivity contribution in [1.29, 1.82) is 0 Å². The molecule has 0 amide bonds. The number of carbonyl (C=O) groups is 1. The molecule has 12 nitrogen and oxygen atoms in total. The summed E-state index contributed by atoms with van der Waals surface area (Å²) in [6.45, 7) is 18.7. The predicted molar refractivity (Wildman–Crippen MR) is 304 cm³/mol. The summed E-state index contributed by atoms with van der Waals surface area (Å²) >= 11 is -2.51. The van der Waals surface area contributed by atoms with Gasteiger partial charge in [-0.05, 0) is 42.7 Å². The Balaban J connectivity index is 1.09. The molecule has 426 valence electrons. The number of ether oxygens (including phenoxy) is 10. The fraction of sp³-hybridized carbons (Fsp3) is 0.641. The van der Waals surface area contributed by atoms with E-state index in [1.807, 2.05) is 80.8 Å². The van der Waals surface area contributed by atoms with E-state index in [1.165, 1.54) is 51.8 Å². The molecule has 77 heavy (non-hydrogen) atoms. The number of aliphatic hydroxyl groups excluding tert-OH is 1. The van der Waals surface area contributed by atoms with Crippen LogP contribution in [0, 0.1) is 0 Å². The van der Waals surface area contributed by atoms with E-state index in [4.69, 9.17) is 47.4 Å². The number of aliphatic hydroxyl groups is 1. The van der Waals surface area contributed by atoms with Gasteiger partial charge in [0.1, 0.15) is 5.75 Å². The summed E-state index contributed by atoms with van der Waals surface area (Å²) in [4.78, 5) is 14.6. The summed E-state index contributed by atoms with van der Waals surface area (Å²) in [5.74, 6) is 0.331. The second-order valence-electron chi connectivity index (χ2n) is 23.1. The zero-order chi connectivity index (χ0) is 54.7. The molecule has 7 rings (SSSR count). The van der Waals surface area contributed by atoms with Crippen molar-refractivity contribution in [1.82, 2.24) is 0 Å². The van der Waals surface area contributed by atoms with E-state index in [9.17, 15) is 9.90 Å². The Morgan fingerprint density at radius 3 is 1.88 bits per heavy atom. The number of hydrogen-bond acceptors (Lipinski definition) is 12. The predicted octanol–water partition coefficient (Wildman–Crippen LogP) is 13.2. The molecule has 0 radical (unpaired) electrons. The average Bonchev–Trinajstić information content (AvgIpc) is 3.45. The average molecular weight is 1170 g/mol. The summed E-state index contributed by atoms with van der Waals surface area (Å²) in [6.07, 6.45) is 12.9. The van der Waals surface area contributed by atoms with E-state index >= 15 is 0 Å². The molecule has 4 heterocycles. The van der Waals surface area contributed by atoms with E-state index < -0.39 is 65.6 Å². The second kappa shape index (κ2) is 29.9. The van der Waals surface area contributed by atoms with Gasteiger partial charge in [0.25, 0.3) is 0 Å². The second-order valence-corrected chi connectivity index (χ2v) is 37.1. The number of esters is 1. The first kappa shape index (κ1) is 61.3. The number of methoxy groups -OCH3 is 1. The number of rotatable bonds is 31. The molecule has 0 bridgehead atoms. The first-order chi connectivity index (χ1) is 37.3. The summed E-state index contributed by atoms with van der Waals surface area (Å²) in [6, 6.07) is 28.2. The Labute approximate surface area is 466 Å². The van der Waals surface area contributed by atoms with E-state index in [2.05, 4.69) is 64.6 Å². The normalized spacial score (nSPS) is 30.3. The minimum atomic E-state index is -2.51. The number of fused-ring (bicyclic) bond motifs is 2. The van der Waals surface area contributed by atoms with Crippen LogP contribution in [0.25, 0.3) is 0 Å². The van der Waals surface area contributed by atoms with E-state index in [1.54, 1.807) is 13.2 Å². The summed E-state index contributed by atoms with van der Waals surface area (Å²) in [5, 5.41) is 10.2. The van der Waals surface area contributed by atoms with Crippen LogP contribution in [0.4, 0.5) is 0 Å². The van der Waals surface area contributed by atoms with Crippen molar-refractivity contribution in [3.63, 3.8) is 0 Å². The zero-order valence-corrected chi connectivity index (χ0v) is 50.6. The van der Waals surface area contributed by atoms with Crippen molar-refractivity contribution in [2.24, 2.45) is 0 Å². The third-order valence-corrected chi connectivity index (χ3v) is 32.4. The number of allylic oxidation sites excluding steroid dienone is 1. The van der Waals surface area contributed by atoms with Crippen LogP contribution in [-0.2, 0) is 67.2 Å². The molecule has 3 aromatic carbocycles. The van der Waals surface area contributed by atoms with Gasteiger partial charge in [-0.3, -0.25) is 0 Å². The van der Waals surface area contributed by atoms with Crippen molar-refractivity contribution < 1.29 is 57.3 Å². The molecule has 3 aromatic rings. The summed E-state index contributed by atoms with van der Waals surface area (Å²) in [7, 11) is 1.64. The third-order valence-electron chi connectivity index (χ3n) is 17.1. The molecule has 1 N–H and O–H groups in total. The fourth-order valence-electron chi connectivity index (χ4n) is 12.2. The van der Waals surface area contributed by atoms with Crippen molar-refractivity contribution in [2.75, 3.05) is 20.3 Å². The molecule has 4 aliphatic heterocycles. The van der Waals surface area contributed by atoms with E-state index in [0.717, 1.165) is 26.9 Å². The van der Waals surface area contributed by atoms with Gasteiger partial charge in [0, 0.05) is 26.1 Å². The van der Waals surface area contributed by atoms with Gasteiger partial charge in [-0.25, -0.2) is 0 Å². The number of unbranched alkanes of at least 4 members (excludes halogenated alkanes) is 3. The van der Waals surface area contributed by atoms with Crippen molar-refractivity contribution in [3.05, 3.63) is 127 Å². The first-order valence-electron chi connectivity index (χ1n) is 29.2. The SMILES string of the molecule is C=C[C@@]1(C)O[C@@](C)(CCO)[C@H](OCc2ccc(OC)cc2)C[C@@H]1OC(=O)C[C@@H]1O[C@@H]2C[C@@H]3O[C@](C)(CCOCc4ccccc4)[C@@H](OCc4ccccc4)C[C@H]3O[C@H]2C[C@H]1O/C=C\[CH2][Sn]([CH2]CCC)([CH2]CCC)[CH2]CCC. The van der Waals surface area contributed by atoms with E-state index in [-0.39, 0.29) is 43.5 Å². The number of benzene rings is 3. The molecular weight excluding hydrogens is 1080 g/mol. The molecule has 4 fully saturated rings. The third kappa shape index (κ3) is 17.1. The summed E-state index contributed by atoms with van der Waals surface area (Å²) in [5.41, 5.74) is 0.579. The molecule has 12 atom stereocenters. The Kier molecular flexibility index (Phi) is 23.8. The molecule has 0 aromatic heterocycles. The van der Waals surface area contributed by atoms with Gasteiger partial charge in [-0.2, -0.15) is 0 Å². The van der Waals surface area contributed by atoms with Gasteiger partial charge >= 0.3 is 263 Å². The molecular formula is C64H94O12Sn. The van der Waals surface area contributed by atoms with Crippen LogP contribution in [0.15, 0.2) is 110 Å². The molecule has 0 unspecified atom stereocenters. The number of carbonyl (C=O) groups excluding carboxylic acids is 1. The van der Waals surface area contributed by atoms with Crippen LogP contribution in [0.2, 0.25) is 17.7 Å². The van der Waals surface area contributed by atoms with Crippen LogP contribution in [-0.4, -0.2) is 122 Å². The van der Waals surface area contributed by atoms with Gasteiger partial charge in [0.05, 0.1) is 32.5 Å². The van der Waals surface area contributed by atoms with Crippen LogP contribution >= 0.6 is 0 Å². The van der Waals surface area contributed by atoms with Gasteiger partial charge in [0.15, 0.2) is 0 Å². The van der Waals surface area contributed by atoms with Crippen molar-refractivity contribution in [3.8, 4) is 5.75 Å². The number of hydrogen-bond donors (Lipinski definition) is 1. The standard InChI is InChI=1S/C52H67O12.3C4H9.Sn/c1-7-26-57-40-28-41-42(29-45-43(60-41)30-46(58-34-37-17-13-10-14-18-37)51(4,63-45)24-27-56-33-36-15-11-9-12-16-36)61-44(40)31-49(54)62-48-32-47(52(5,23-25-53)64-50(48,3)8-2)59-35-38-19-21-39(55-6)22-20-38;3*1-3-4-2;/h7-22,26,40-48,53H,1-2,23-25,27-35H2,3-6H3;3*1,3-4H2,2H3;/b26-7-;;;;/t40-,41+,42-,43-,44+,45+,46+,47-,48+,50-,51-,52+;;;;/m1..../s1.